The fourth-order valence-electron chi connectivity index (χ4n) is 2.85. The minimum atomic E-state index is -0.204. The fraction of sp³-hybridized carbons (Fsp3) is 0.400. The molecule has 0 bridgehead atoms. The lowest BCUT2D eigenvalue weighted by atomic mass is 9.87. The molecule has 1 fully saturated rings. The smallest absolute Gasteiger partial charge is 0.280 e. The van der Waals surface area contributed by atoms with Crippen molar-refractivity contribution in [2.75, 3.05) is 6.54 Å². The molecule has 106 valence electrons. The van der Waals surface area contributed by atoms with Gasteiger partial charge in [-0.1, -0.05) is 18.2 Å². The molecule has 2 N–H and O–H groups in total. The van der Waals surface area contributed by atoms with Crippen molar-refractivity contribution in [3.05, 3.63) is 57.8 Å². The van der Waals surface area contributed by atoms with Crippen LogP contribution in [-0.4, -0.2) is 17.7 Å². The van der Waals surface area contributed by atoms with Crippen molar-refractivity contribution in [1.29, 1.82) is 0 Å². The maximum Gasteiger partial charge on any atom is 0.280 e. The molecular weight excluding hydrogens is 259 g/mol. The van der Waals surface area contributed by atoms with Gasteiger partial charge in [-0.2, -0.15) is 5.16 Å². The molecule has 3 rings (SSSR count). The Hall–Kier alpha value is -1.88. The molecule has 0 radical (unpaired) electrons. The third-order valence-corrected chi connectivity index (χ3v) is 3.86. The van der Waals surface area contributed by atoms with Gasteiger partial charge in [0.15, 0.2) is 0 Å². The second kappa shape index (κ2) is 5.63. The molecule has 1 aromatic heterocycles. The van der Waals surface area contributed by atoms with Gasteiger partial charge in [0, 0.05) is 18.0 Å². The summed E-state index contributed by atoms with van der Waals surface area (Å²) in [5.74, 6) is 0.756. The van der Waals surface area contributed by atoms with Gasteiger partial charge in [0.25, 0.3) is 5.56 Å². The summed E-state index contributed by atoms with van der Waals surface area (Å²) in [6.07, 6.45) is 2.42. The molecule has 2 atom stereocenters. The number of rotatable bonds is 3. The molecule has 4 nitrogen and oxygen atoms in total. The number of H-pyrrole nitrogens is 1. The van der Waals surface area contributed by atoms with Crippen LogP contribution in [0.1, 0.15) is 30.1 Å². The van der Waals surface area contributed by atoms with Crippen LogP contribution in [0.5, 0.6) is 0 Å². The van der Waals surface area contributed by atoms with Crippen LogP contribution in [0.3, 0.4) is 0 Å². The molecule has 20 heavy (non-hydrogen) atoms. The van der Waals surface area contributed by atoms with E-state index < -0.39 is 0 Å². The zero-order valence-corrected chi connectivity index (χ0v) is 11.1. The summed E-state index contributed by atoms with van der Waals surface area (Å²) in [7, 11) is 0. The Morgan fingerprint density at radius 2 is 2.20 bits per heavy atom. The molecule has 1 unspecified atom stereocenters. The average molecular weight is 276 g/mol. The number of hydrogen-bond donors (Lipinski definition) is 2. The van der Waals surface area contributed by atoms with Crippen LogP contribution in [0.15, 0.2) is 39.6 Å². The van der Waals surface area contributed by atoms with Crippen molar-refractivity contribution >= 4 is 0 Å². The van der Waals surface area contributed by atoms with Gasteiger partial charge in [0.2, 0.25) is 0 Å². The first-order valence-corrected chi connectivity index (χ1v) is 6.87. The molecular formula is C15H17FN2O2. The zero-order valence-electron chi connectivity index (χ0n) is 11.1. The summed E-state index contributed by atoms with van der Waals surface area (Å²) in [5.41, 5.74) is 0.519. The lowest BCUT2D eigenvalue weighted by Crippen LogP contribution is -2.38. The molecule has 0 saturated carbocycles. The largest absolute Gasteiger partial charge is 0.383 e. The molecule has 1 aliphatic heterocycles. The van der Waals surface area contributed by atoms with E-state index in [1.165, 1.54) is 12.1 Å². The predicted octanol–water partition coefficient (Wildman–Crippen LogP) is 2.19. The van der Waals surface area contributed by atoms with E-state index in [1.54, 1.807) is 6.07 Å². The Balaban J connectivity index is 1.69. The highest BCUT2D eigenvalue weighted by Gasteiger charge is 2.26. The topological polar surface area (TPSA) is 58.0 Å². The molecule has 0 amide bonds. The van der Waals surface area contributed by atoms with Crippen LogP contribution in [-0.2, 0) is 6.42 Å². The van der Waals surface area contributed by atoms with E-state index in [9.17, 15) is 9.18 Å². The predicted molar refractivity (Wildman–Crippen MR) is 73.2 cm³/mol. The highest BCUT2D eigenvalue weighted by Crippen LogP contribution is 2.28. The van der Waals surface area contributed by atoms with Gasteiger partial charge in [0.1, 0.15) is 11.6 Å². The Morgan fingerprint density at radius 1 is 1.35 bits per heavy atom. The average Bonchev–Trinajstić information content (AvgIpc) is 2.89. The third kappa shape index (κ3) is 2.82. The molecule has 1 saturated heterocycles. The first-order valence-electron chi connectivity index (χ1n) is 6.87. The summed E-state index contributed by atoms with van der Waals surface area (Å²) in [4.78, 5) is 11.1. The lowest BCUT2D eigenvalue weighted by Gasteiger charge is -2.29. The van der Waals surface area contributed by atoms with Crippen LogP contribution in [0.4, 0.5) is 4.39 Å². The number of halogens is 1. The van der Waals surface area contributed by atoms with Gasteiger partial charge in [-0.05, 0) is 37.4 Å². The van der Waals surface area contributed by atoms with Crippen molar-refractivity contribution in [2.24, 2.45) is 0 Å². The van der Waals surface area contributed by atoms with Crippen LogP contribution < -0.4 is 10.9 Å². The number of nitrogens with one attached hydrogen (secondary N) is 2. The van der Waals surface area contributed by atoms with Crippen LogP contribution >= 0.6 is 0 Å². The minimum Gasteiger partial charge on any atom is -0.383 e. The second-order valence-electron chi connectivity index (χ2n) is 5.28. The molecule has 2 aromatic rings. The first-order chi connectivity index (χ1) is 9.72. The third-order valence-electron chi connectivity index (χ3n) is 3.86. The Labute approximate surface area is 116 Å². The fourth-order valence-corrected chi connectivity index (χ4v) is 2.85. The maximum atomic E-state index is 13.7. The number of aromatic nitrogens is 1. The number of benzene rings is 1. The van der Waals surface area contributed by atoms with E-state index in [1.807, 2.05) is 12.1 Å². The molecule has 5 heteroatoms. The zero-order chi connectivity index (χ0) is 13.9. The van der Waals surface area contributed by atoms with Gasteiger partial charge in [0.05, 0.1) is 0 Å². The summed E-state index contributed by atoms with van der Waals surface area (Å²) in [6, 6.07) is 8.56. The monoisotopic (exact) mass is 276 g/mol. The van der Waals surface area contributed by atoms with Gasteiger partial charge >= 0.3 is 0 Å². The number of piperidine rings is 1. The van der Waals surface area contributed by atoms with Crippen molar-refractivity contribution in [3.63, 3.8) is 0 Å². The Kier molecular flexibility index (Phi) is 3.69. The van der Waals surface area contributed by atoms with E-state index in [4.69, 9.17) is 4.52 Å². The SMILES string of the molecule is O=c1cc([C@@H]2CCNC(Cc3ccccc3F)C2)o[nH]1. The van der Waals surface area contributed by atoms with E-state index in [0.717, 1.165) is 24.9 Å². The van der Waals surface area contributed by atoms with Crippen LogP contribution in [0.25, 0.3) is 0 Å². The summed E-state index contributed by atoms with van der Waals surface area (Å²) in [5, 5.41) is 5.73. The maximum absolute atomic E-state index is 13.7. The van der Waals surface area contributed by atoms with Crippen molar-refractivity contribution in [3.8, 4) is 0 Å². The van der Waals surface area contributed by atoms with Gasteiger partial charge in [-0.15, -0.1) is 0 Å². The standard InChI is InChI=1S/C15H17FN2O2/c16-13-4-2-1-3-10(13)7-12-8-11(5-6-17-12)14-9-15(19)18-20-14/h1-4,9,11-12,17H,5-8H2,(H,18,19)/t11-,12?/m1/s1. The van der Waals surface area contributed by atoms with E-state index in [2.05, 4.69) is 10.5 Å². The quantitative estimate of drug-likeness (QED) is 0.903. The highest BCUT2D eigenvalue weighted by molar-refractivity contribution is 5.19. The Bertz CT molecular complexity index is 635. The lowest BCUT2D eigenvalue weighted by molar-refractivity contribution is 0.291. The number of aromatic amines is 1. The first kappa shape index (κ1) is 13.1. The summed E-state index contributed by atoms with van der Waals surface area (Å²) < 4.78 is 18.9. The van der Waals surface area contributed by atoms with Gasteiger partial charge < -0.3 is 9.84 Å². The van der Waals surface area contributed by atoms with Gasteiger partial charge in [-0.25, -0.2) is 4.39 Å². The molecule has 1 aliphatic rings. The Morgan fingerprint density at radius 3 is 2.95 bits per heavy atom. The van der Waals surface area contributed by atoms with Crippen molar-refractivity contribution in [1.82, 2.24) is 10.5 Å². The van der Waals surface area contributed by atoms with Crippen LogP contribution in [0.2, 0.25) is 0 Å². The van der Waals surface area contributed by atoms with E-state index in [-0.39, 0.29) is 23.3 Å². The van der Waals surface area contributed by atoms with Gasteiger partial charge in [-0.3, -0.25) is 4.79 Å². The summed E-state index contributed by atoms with van der Waals surface area (Å²) in [6.45, 7) is 0.846. The van der Waals surface area contributed by atoms with Crippen molar-refractivity contribution in [2.45, 2.75) is 31.2 Å². The molecule has 2 heterocycles. The molecule has 0 spiro atoms. The second-order valence-corrected chi connectivity index (χ2v) is 5.28. The highest BCUT2D eigenvalue weighted by atomic mass is 19.1. The molecule has 1 aromatic carbocycles. The summed E-state index contributed by atoms with van der Waals surface area (Å²) >= 11 is 0. The van der Waals surface area contributed by atoms with E-state index in [0.29, 0.717) is 12.2 Å². The molecule has 0 aliphatic carbocycles. The van der Waals surface area contributed by atoms with Crippen LogP contribution in [0, 0.1) is 5.82 Å². The normalized spacial score (nSPS) is 22.9. The van der Waals surface area contributed by atoms with E-state index >= 15 is 0 Å². The minimum absolute atomic E-state index is 0.162. The number of hydrogen-bond acceptors (Lipinski definition) is 3. The van der Waals surface area contributed by atoms with Crippen molar-refractivity contribution < 1.29 is 8.91 Å².